The first-order chi connectivity index (χ1) is 8.65. The molecule has 1 aromatic carbocycles. The van der Waals surface area contributed by atoms with Gasteiger partial charge in [-0.1, -0.05) is 0 Å². The van der Waals surface area contributed by atoms with E-state index in [1.165, 1.54) is 0 Å². The van der Waals surface area contributed by atoms with E-state index >= 15 is 0 Å². The Labute approximate surface area is 112 Å². The molecule has 18 heavy (non-hydrogen) atoms. The Bertz CT molecular complexity index is 536. The van der Waals surface area contributed by atoms with E-state index in [2.05, 4.69) is 28.5 Å². The monoisotopic (exact) mass is 267 g/mol. The molecule has 4 nitrogen and oxygen atoms in total. The summed E-state index contributed by atoms with van der Waals surface area (Å²) in [6.45, 7) is 1.85. The first kappa shape index (κ1) is 13.2. The van der Waals surface area contributed by atoms with Gasteiger partial charge in [0.15, 0.2) is 0 Å². The highest BCUT2D eigenvalue weighted by Gasteiger charge is 2.10. The van der Waals surface area contributed by atoms with Crippen LogP contribution in [-0.2, 0) is 12.4 Å². The Hall–Kier alpha value is -1.26. The number of nitrogens with zero attached hydrogens (tertiary/aromatic N) is 3. The van der Waals surface area contributed by atoms with E-state index in [4.69, 9.17) is 16.3 Å². The molecule has 1 heterocycles. The van der Waals surface area contributed by atoms with Crippen molar-refractivity contribution in [3.05, 3.63) is 24.0 Å². The van der Waals surface area contributed by atoms with Gasteiger partial charge in [0.05, 0.1) is 24.0 Å². The summed E-state index contributed by atoms with van der Waals surface area (Å²) >= 11 is 5.96. The molecule has 0 atom stereocenters. The molecule has 2 rings (SSSR count). The van der Waals surface area contributed by atoms with Gasteiger partial charge in [-0.05, 0) is 26.2 Å². The van der Waals surface area contributed by atoms with Crippen molar-refractivity contribution in [2.75, 3.05) is 27.7 Å². The third-order valence-corrected chi connectivity index (χ3v) is 3.16. The Morgan fingerprint density at radius 2 is 2.17 bits per heavy atom. The number of rotatable bonds is 5. The number of ether oxygens (including phenoxy) is 1. The van der Waals surface area contributed by atoms with Gasteiger partial charge in [-0.25, -0.2) is 4.98 Å². The predicted molar refractivity (Wildman–Crippen MR) is 74.4 cm³/mol. The minimum absolute atomic E-state index is 0.421. The molecule has 0 saturated heterocycles. The highest BCUT2D eigenvalue weighted by molar-refractivity contribution is 6.16. The van der Waals surface area contributed by atoms with Crippen LogP contribution in [0.5, 0.6) is 5.75 Å². The molecule has 1 aromatic heterocycles. The van der Waals surface area contributed by atoms with E-state index in [9.17, 15) is 0 Å². The highest BCUT2D eigenvalue weighted by Crippen LogP contribution is 2.22. The molecule has 5 heteroatoms. The maximum absolute atomic E-state index is 5.96. The molecule has 0 aliphatic rings. The van der Waals surface area contributed by atoms with Crippen molar-refractivity contribution >= 4 is 22.6 Å². The molecule has 0 unspecified atom stereocenters. The quantitative estimate of drug-likeness (QED) is 0.779. The van der Waals surface area contributed by atoms with Crippen LogP contribution in [0.4, 0.5) is 0 Å². The first-order valence-electron chi connectivity index (χ1n) is 5.89. The summed E-state index contributed by atoms with van der Waals surface area (Å²) in [7, 11) is 5.78. The number of likely N-dealkylation sites (N-methyl/N-ethyl adjacent to an activating group) is 1. The molecular weight excluding hydrogens is 250 g/mol. The summed E-state index contributed by atoms with van der Waals surface area (Å²) < 4.78 is 7.38. The zero-order valence-electron chi connectivity index (χ0n) is 11.0. The minimum Gasteiger partial charge on any atom is -0.497 e. The van der Waals surface area contributed by atoms with Crippen molar-refractivity contribution in [2.45, 2.75) is 12.4 Å². The Balaban J connectivity index is 2.42. The smallest absolute Gasteiger partial charge is 0.124 e. The van der Waals surface area contributed by atoms with Gasteiger partial charge >= 0.3 is 0 Å². The number of benzene rings is 1. The SMILES string of the molecule is COc1ccc2c(c1)nc(CCl)n2CCN(C)C. The molecule has 98 valence electrons. The number of imidazole rings is 1. The highest BCUT2D eigenvalue weighted by atomic mass is 35.5. The van der Waals surface area contributed by atoms with Crippen LogP contribution in [0.25, 0.3) is 11.0 Å². The molecule has 0 fully saturated rings. The van der Waals surface area contributed by atoms with E-state index in [1.54, 1.807) is 7.11 Å². The van der Waals surface area contributed by atoms with E-state index < -0.39 is 0 Å². The van der Waals surface area contributed by atoms with Crippen molar-refractivity contribution in [3.63, 3.8) is 0 Å². The average Bonchev–Trinajstić information content (AvgIpc) is 2.72. The molecule has 0 aliphatic heterocycles. The molecule has 0 N–H and O–H groups in total. The fourth-order valence-corrected chi connectivity index (χ4v) is 2.14. The summed E-state index contributed by atoms with van der Waals surface area (Å²) in [6, 6.07) is 5.93. The molecule has 0 saturated carbocycles. The van der Waals surface area contributed by atoms with Gasteiger partial charge in [0, 0.05) is 19.2 Å². The van der Waals surface area contributed by atoms with Gasteiger partial charge in [0.1, 0.15) is 11.6 Å². The lowest BCUT2D eigenvalue weighted by molar-refractivity contribution is 0.384. The van der Waals surface area contributed by atoms with E-state index in [-0.39, 0.29) is 0 Å². The van der Waals surface area contributed by atoms with Crippen LogP contribution in [0.15, 0.2) is 18.2 Å². The third kappa shape index (κ3) is 2.60. The van der Waals surface area contributed by atoms with Crippen molar-refractivity contribution in [1.29, 1.82) is 0 Å². The van der Waals surface area contributed by atoms with Crippen molar-refractivity contribution in [1.82, 2.24) is 14.5 Å². The fourth-order valence-electron chi connectivity index (χ4n) is 1.94. The van der Waals surface area contributed by atoms with Gasteiger partial charge in [-0.15, -0.1) is 11.6 Å². The van der Waals surface area contributed by atoms with Crippen LogP contribution < -0.4 is 4.74 Å². The largest absolute Gasteiger partial charge is 0.497 e. The Kier molecular flexibility index (Phi) is 4.09. The second-order valence-electron chi connectivity index (χ2n) is 4.47. The minimum atomic E-state index is 0.421. The molecule has 0 aliphatic carbocycles. The lowest BCUT2D eigenvalue weighted by Gasteiger charge is -2.12. The van der Waals surface area contributed by atoms with Crippen LogP contribution in [-0.4, -0.2) is 42.2 Å². The zero-order valence-corrected chi connectivity index (χ0v) is 11.7. The second-order valence-corrected chi connectivity index (χ2v) is 4.74. The lowest BCUT2D eigenvalue weighted by atomic mass is 10.3. The molecule has 0 amide bonds. The molecule has 0 radical (unpaired) electrons. The number of fused-ring (bicyclic) bond motifs is 1. The Morgan fingerprint density at radius 3 is 2.78 bits per heavy atom. The van der Waals surface area contributed by atoms with Crippen LogP contribution in [0, 0.1) is 0 Å². The van der Waals surface area contributed by atoms with Gasteiger partial charge in [-0.3, -0.25) is 0 Å². The zero-order chi connectivity index (χ0) is 13.1. The van der Waals surface area contributed by atoms with Crippen molar-refractivity contribution in [3.8, 4) is 5.75 Å². The number of halogens is 1. The van der Waals surface area contributed by atoms with Crippen LogP contribution in [0.3, 0.4) is 0 Å². The van der Waals surface area contributed by atoms with Gasteiger partial charge in [0.2, 0.25) is 0 Å². The number of methoxy groups -OCH3 is 1. The van der Waals surface area contributed by atoms with Gasteiger partial charge in [0.25, 0.3) is 0 Å². The van der Waals surface area contributed by atoms with Gasteiger partial charge in [-0.2, -0.15) is 0 Å². The molecule has 2 aromatic rings. The third-order valence-electron chi connectivity index (χ3n) is 2.92. The summed E-state index contributed by atoms with van der Waals surface area (Å²) in [6.07, 6.45) is 0. The standard InChI is InChI=1S/C13H18ClN3O/c1-16(2)6-7-17-12-5-4-10(18-3)8-11(12)15-13(17)9-14/h4-5,8H,6-7,9H2,1-3H3. The van der Waals surface area contributed by atoms with Crippen molar-refractivity contribution < 1.29 is 4.74 Å². The summed E-state index contributed by atoms with van der Waals surface area (Å²) in [5, 5.41) is 0. The molecular formula is C13H18ClN3O. The topological polar surface area (TPSA) is 30.3 Å². The number of alkyl halides is 1. The molecule has 0 bridgehead atoms. The normalized spacial score (nSPS) is 11.4. The fraction of sp³-hybridized carbons (Fsp3) is 0.462. The second kappa shape index (κ2) is 5.59. The first-order valence-corrected chi connectivity index (χ1v) is 6.43. The Morgan fingerprint density at radius 1 is 1.39 bits per heavy atom. The van der Waals surface area contributed by atoms with E-state index in [1.807, 2.05) is 18.2 Å². The maximum atomic E-state index is 5.96. The van der Waals surface area contributed by atoms with Crippen LogP contribution >= 0.6 is 11.6 Å². The van der Waals surface area contributed by atoms with Crippen LogP contribution in [0.2, 0.25) is 0 Å². The average molecular weight is 268 g/mol. The number of aromatic nitrogens is 2. The van der Waals surface area contributed by atoms with E-state index in [0.29, 0.717) is 5.88 Å². The summed E-state index contributed by atoms with van der Waals surface area (Å²) in [4.78, 5) is 6.70. The molecule has 0 spiro atoms. The van der Waals surface area contributed by atoms with Gasteiger partial charge < -0.3 is 14.2 Å². The van der Waals surface area contributed by atoms with Crippen molar-refractivity contribution in [2.24, 2.45) is 0 Å². The summed E-state index contributed by atoms with van der Waals surface area (Å²) in [5.74, 6) is 2.15. The predicted octanol–water partition coefficient (Wildman–Crippen LogP) is 2.35. The van der Waals surface area contributed by atoms with E-state index in [0.717, 1.165) is 35.7 Å². The summed E-state index contributed by atoms with van der Waals surface area (Å²) in [5.41, 5.74) is 2.04. The maximum Gasteiger partial charge on any atom is 0.124 e. The number of hydrogen-bond acceptors (Lipinski definition) is 3. The lowest BCUT2D eigenvalue weighted by Crippen LogP contribution is -2.19. The number of hydrogen-bond donors (Lipinski definition) is 0. The van der Waals surface area contributed by atoms with Crippen LogP contribution in [0.1, 0.15) is 5.82 Å².